The number of benzene rings is 1. The van der Waals surface area contributed by atoms with Gasteiger partial charge in [0.25, 0.3) is 5.91 Å². The molecule has 0 saturated carbocycles. The third kappa shape index (κ3) is 7.54. The lowest BCUT2D eigenvalue weighted by atomic mass is 9.87. The number of carbonyl (C=O) groups is 1. The molecule has 0 aliphatic heterocycles. The van der Waals surface area contributed by atoms with E-state index < -0.39 is 0 Å². The Morgan fingerprint density at radius 3 is 2.35 bits per heavy atom. The third-order valence-electron chi connectivity index (χ3n) is 4.22. The van der Waals surface area contributed by atoms with Crippen molar-refractivity contribution in [3.8, 4) is 5.75 Å². The quantitative estimate of drug-likeness (QED) is 0.716. The maximum atomic E-state index is 11.9. The van der Waals surface area contributed by atoms with Crippen molar-refractivity contribution < 1.29 is 9.53 Å². The SMILES string of the molecule is CCCC[C@@H](CC)CNC(=O)COc1ccc(C(C)(C)C)cc1. The van der Waals surface area contributed by atoms with Gasteiger partial charge in [0.05, 0.1) is 0 Å². The first-order chi connectivity index (χ1) is 10.9. The van der Waals surface area contributed by atoms with Crippen molar-refractivity contribution in [3.05, 3.63) is 29.8 Å². The predicted molar refractivity (Wildman–Crippen MR) is 97.0 cm³/mol. The number of ether oxygens (including phenoxy) is 1. The Morgan fingerprint density at radius 2 is 1.83 bits per heavy atom. The summed E-state index contributed by atoms with van der Waals surface area (Å²) < 4.78 is 5.57. The zero-order valence-corrected chi connectivity index (χ0v) is 15.4. The molecule has 0 heterocycles. The third-order valence-corrected chi connectivity index (χ3v) is 4.22. The van der Waals surface area contributed by atoms with E-state index in [0.717, 1.165) is 18.7 Å². The average Bonchev–Trinajstić information content (AvgIpc) is 2.52. The zero-order valence-electron chi connectivity index (χ0n) is 15.4. The number of amides is 1. The molecule has 3 heteroatoms. The van der Waals surface area contributed by atoms with Crippen LogP contribution in [0.15, 0.2) is 24.3 Å². The van der Waals surface area contributed by atoms with Gasteiger partial charge in [-0.25, -0.2) is 0 Å². The molecular formula is C20H33NO2. The lowest BCUT2D eigenvalue weighted by Gasteiger charge is -2.19. The Morgan fingerprint density at radius 1 is 1.17 bits per heavy atom. The number of rotatable bonds is 9. The van der Waals surface area contributed by atoms with Crippen LogP contribution >= 0.6 is 0 Å². The molecule has 130 valence electrons. The summed E-state index contributed by atoms with van der Waals surface area (Å²) in [5.74, 6) is 1.27. The zero-order chi connectivity index (χ0) is 17.3. The van der Waals surface area contributed by atoms with Gasteiger partial charge in [-0.2, -0.15) is 0 Å². The molecule has 0 bridgehead atoms. The summed E-state index contributed by atoms with van der Waals surface area (Å²) in [5, 5.41) is 2.98. The smallest absolute Gasteiger partial charge is 0.257 e. The number of nitrogens with one attached hydrogen (secondary N) is 1. The summed E-state index contributed by atoms with van der Waals surface area (Å²) in [5.41, 5.74) is 1.39. The fraction of sp³-hybridized carbons (Fsp3) is 0.650. The van der Waals surface area contributed by atoms with Crippen LogP contribution < -0.4 is 10.1 Å². The normalized spacial score (nSPS) is 12.7. The fourth-order valence-corrected chi connectivity index (χ4v) is 2.45. The Labute approximate surface area is 141 Å². The van der Waals surface area contributed by atoms with E-state index in [1.165, 1.54) is 24.8 Å². The molecule has 0 spiro atoms. The second-order valence-electron chi connectivity index (χ2n) is 7.28. The minimum atomic E-state index is -0.0418. The maximum Gasteiger partial charge on any atom is 0.257 e. The van der Waals surface area contributed by atoms with Gasteiger partial charge in [0.2, 0.25) is 0 Å². The number of hydrogen-bond donors (Lipinski definition) is 1. The van der Waals surface area contributed by atoms with E-state index in [-0.39, 0.29) is 17.9 Å². The number of carbonyl (C=O) groups excluding carboxylic acids is 1. The van der Waals surface area contributed by atoms with Crippen molar-refractivity contribution in [2.45, 2.75) is 65.7 Å². The van der Waals surface area contributed by atoms with Crippen LogP contribution in [0.4, 0.5) is 0 Å². The first kappa shape index (κ1) is 19.5. The van der Waals surface area contributed by atoms with Crippen LogP contribution in [-0.4, -0.2) is 19.1 Å². The summed E-state index contributed by atoms with van der Waals surface area (Å²) in [7, 11) is 0. The first-order valence-corrected chi connectivity index (χ1v) is 8.86. The van der Waals surface area contributed by atoms with Gasteiger partial charge in [0.1, 0.15) is 5.75 Å². The van der Waals surface area contributed by atoms with Crippen molar-refractivity contribution in [2.24, 2.45) is 5.92 Å². The highest BCUT2D eigenvalue weighted by molar-refractivity contribution is 5.77. The van der Waals surface area contributed by atoms with E-state index in [9.17, 15) is 4.79 Å². The largest absolute Gasteiger partial charge is 0.484 e. The molecule has 23 heavy (non-hydrogen) atoms. The topological polar surface area (TPSA) is 38.3 Å². The van der Waals surface area contributed by atoms with Gasteiger partial charge in [-0.3, -0.25) is 4.79 Å². The van der Waals surface area contributed by atoms with E-state index in [1.807, 2.05) is 12.1 Å². The Balaban J connectivity index is 2.35. The van der Waals surface area contributed by atoms with Gasteiger partial charge < -0.3 is 10.1 Å². The van der Waals surface area contributed by atoms with Crippen LogP contribution in [0, 0.1) is 5.92 Å². The molecule has 0 fully saturated rings. The second-order valence-corrected chi connectivity index (χ2v) is 7.28. The van der Waals surface area contributed by atoms with Crippen LogP contribution in [0.25, 0.3) is 0 Å². The van der Waals surface area contributed by atoms with E-state index in [1.54, 1.807) is 0 Å². The molecule has 0 radical (unpaired) electrons. The van der Waals surface area contributed by atoms with Crippen molar-refractivity contribution in [1.29, 1.82) is 0 Å². The van der Waals surface area contributed by atoms with Gasteiger partial charge in [-0.15, -0.1) is 0 Å². The van der Waals surface area contributed by atoms with Crippen molar-refractivity contribution >= 4 is 5.91 Å². The minimum Gasteiger partial charge on any atom is -0.484 e. The van der Waals surface area contributed by atoms with E-state index in [0.29, 0.717) is 5.92 Å². The van der Waals surface area contributed by atoms with Crippen LogP contribution in [0.5, 0.6) is 5.75 Å². The van der Waals surface area contributed by atoms with Gasteiger partial charge in [0, 0.05) is 6.54 Å². The monoisotopic (exact) mass is 319 g/mol. The number of unbranched alkanes of at least 4 members (excludes halogenated alkanes) is 1. The van der Waals surface area contributed by atoms with E-state index in [2.05, 4.69) is 52.1 Å². The Kier molecular flexibility index (Phi) is 8.15. The number of hydrogen-bond acceptors (Lipinski definition) is 2. The molecule has 1 N–H and O–H groups in total. The highest BCUT2D eigenvalue weighted by Crippen LogP contribution is 2.24. The lowest BCUT2D eigenvalue weighted by Crippen LogP contribution is -2.33. The first-order valence-electron chi connectivity index (χ1n) is 8.86. The van der Waals surface area contributed by atoms with Gasteiger partial charge >= 0.3 is 0 Å². The van der Waals surface area contributed by atoms with E-state index >= 15 is 0 Å². The van der Waals surface area contributed by atoms with Crippen LogP contribution in [0.3, 0.4) is 0 Å². The van der Waals surface area contributed by atoms with Gasteiger partial charge in [-0.1, -0.05) is 66.0 Å². The van der Waals surface area contributed by atoms with E-state index in [4.69, 9.17) is 4.74 Å². The molecule has 1 amide bonds. The molecule has 0 saturated heterocycles. The Bertz CT molecular complexity index is 460. The highest BCUT2D eigenvalue weighted by Gasteiger charge is 2.13. The van der Waals surface area contributed by atoms with Crippen LogP contribution in [0.2, 0.25) is 0 Å². The molecule has 1 atom stereocenters. The molecule has 0 unspecified atom stereocenters. The molecule has 3 nitrogen and oxygen atoms in total. The summed E-state index contributed by atoms with van der Waals surface area (Å²) >= 11 is 0. The summed E-state index contributed by atoms with van der Waals surface area (Å²) in [6.07, 6.45) is 4.72. The molecule has 1 aromatic carbocycles. The van der Waals surface area contributed by atoms with Crippen LogP contribution in [-0.2, 0) is 10.2 Å². The molecule has 1 aromatic rings. The molecule has 1 rings (SSSR count). The molecular weight excluding hydrogens is 286 g/mol. The highest BCUT2D eigenvalue weighted by atomic mass is 16.5. The summed E-state index contributed by atoms with van der Waals surface area (Å²) in [4.78, 5) is 11.9. The second kappa shape index (κ2) is 9.59. The maximum absolute atomic E-state index is 11.9. The van der Waals surface area contributed by atoms with Crippen molar-refractivity contribution in [1.82, 2.24) is 5.32 Å². The molecule has 0 aliphatic carbocycles. The predicted octanol–water partition coefficient (Wildman–Crippen LogP) is 4.70. The van der Waals surface area contributed by atoms with Crippen molar-refractivity contribution in [2.75, 3.05) is 13.2 Å². The minimum absolute atomic E-state index is 0.0418. The summed E-state index contributed by atoms with van der Waals surface area (Å²) in [6, 6.07) is 7.99. The van der Waals surface area contributed by atoms with Gasteiger partial charge in [-0.05, 0) is 35.4 Å². The van der Waals surface area contributed by atoms with Gasteiger partial charge in [0.15, 0.2) is 6.61 Å². The van der Waals surface area contributed by atoms with Crippen molar-refractivity contribution in [3.63, 3.8) is 0 Å². The lowest BCUT2D eigenvalue weighted by molar-refractivity contribution is -0.123. The average molecular weight is 319 g/mol. The molecule has 0 aliphatic rings. The van der Waals surface area contributed by atoms with Crippen LogP contribution in [0.1, 0.15) is 65.9 Å². The Hall–Kier alpha value is -1.51. The standard InChI is InChI=1S/C20H33NO2/c1-6-8-9-16(7-2)14-21-19(22)15-23-18-12-10-17(11-13-18)20(3,4)5/h10-13,16H,6-9,14-15H2,1-5H3,(H,21,22)/t16-/m1/s1. The summed E-state index contributed by atoms with van der Waals surface area (Å²) in [6.45, 7) is 11.8. The molecule has 0 aromatic heterocycles. The fourth-order valence-electron chi connectivity index (χ4n) is 2.45.